The molecule has 1 aliphatic heterocycles. The van der Waals surface area contributed by atoms with Gasteiger partial charge >= 0.3 is 0 Å². The molecule has 0 aromatic rings. The van der Waals surface area contributed by atoms with Crippen LogP contribution in [0.15, 0.2) is 0 Å². The zero-order chi connectivity index (χ0) is 15.8. The van der Waals surface area contributed by atoms with Gasteiger partial charge in [0.05, 0.1) is 5.54 Å². The van der Waals surface area contributed by atoms with Crippen molar-refractivity contribution in [3.05, 3.63) is 0 Å². The van der Waals surface area contributed by atoms with E-state index in [9.17, 15) is 4.79 Å². The Hall–Kier alpha value is -0.650. The van der Waals surface area contributed by atoms with Gasteiger partial charge in [-0.2, -0.15) is 0 Å². The predicted octanol–water partition coefficient (Wildman–Crippen LogP) is 0.785. The molecule has 1 saturated carbocycles. The summed E-state index contributed by atoms with van der Waals surface area (Å²) in [5.74, 6) is -0.225. The van der Waals surface area contributed by atoms with Crippen LogP contribution in [-0.2, 0) is 4.79 Å². The van der Waals surface area contributed by atoms with Gasteiger partial charge in [-0.1, -0.05) is 0 Å². The van der Waals surface area contributed by atoms with Crippen LogP contribution in [0.2, 0.25) is 0 Å². The maximum atomic E-state index is 11.9. The van der Waals surface area contributed by atoms with E-state index in [2.05, 4.69) is 42.9 Å². The van der Waals surface area contributed by atoms with Gasteiger partial charge in [0.15, 0.2) is 0 Å². The molecule has 2 rings (SSSR count). The molecule has 21 heavy (non-hydrogen) atoms. The Morgan fingerprint density at radius 2 is 1.86 bits per heavy atom. The number of hydrogen-bond acceptors (Lipinski definition) is 4. The number of carbonyl (C=O) groups is 1. The van der Waals surface area contributed by atoms with Crippen molar-refractivity contribution in [2.45, 2.75) is 76.7 Å². The number of amides is 1. The van der Waals surface area contributed by atoms with E-state index in [0.717, 1.165) is 19.5 Å². The predicted molar refractivity (Wildman–Crippen MR) is 86.1 cm³/mol. The van der Waals surface area contributed by atoms with Crippen LogP contribution in [0.1, 0.15) is 47.0 Å². The molecule has 1 amide bonds. The van der Waals surface area contributed by atoms with Gasteiger partial charge in [-0.3, -0.25) is 14.6 Å². The van der Waals surface area contributed by atoms with E-state index in [-0.39, 0.29) is 5.91 Å². The molecule has 1 aliphatic carbocycles. The zero-order valence-corrected chi connectivity index (χ0v) is 14.2. The molecule has 0 bridgehead atoms. The lowest BCUT2D eigenvalue weighted by molar-refractivity contribution is -0.124. The molecule has 2 aliphatic rings. The molecule has 0 spiro atoms. The highest BCUT2D eigenvalue weighted by Crippen LogP contribution is 2.27. The third-order valence-electron chi connectivity index (χ3n) is 5.36. The monoisotopic (exact) mass is 296 g/mol. The fourth-order valence-electron chi connectivity index (χ4n) is 3.43. The molecule has 1 saturated heterocycles. The van der Waals surface area contributed by atoms with E-state index in [1.807, 2.05) is 6.92 Å². The van der Waals surface area contributed by atoms with Crippen LogP contribution in [-0.4, -0.2) is 65.6 Å². The highest BCUT2D eigenvalue weighted by molar-refractivity contribution is 5.84. The molecule has 4 unspecified atom stereocenters. The summed E-state index contributed by atoms with van der Waals surface area (Å²) in [7, 11) is 2.19. The summed E-state index contributed by atoms with van der Waals surface area (Å²) in [6.07, 6.45) is 3.11. The van der Waals surface area contributed by atoms with Crippen molar-refractivity contribution in [2.75, 3.05) is 20.1 Å². The van der Waals surface area contributed by atoms with Crippen LogP contribution in [0.3, 0.4) is 0 Å². The summed E-state index contributed by atoms with van der Waals surface area (Å²) < 4.78 is 0. The molecule has 0 radical (unpaired) electrons. The van der Waals surface area contributed by atoms with Crippen molar-refractivity contribution < 1.29 is 4.79 Å². The average molecular weight is 296 g/mol. The Kier molecular flexibility index (Phi) is 4.96. The average Bonchev–Trinajstić information content (AvgIpc) is 3.18. The van der Waals surface area contributed by atoms with E-state index < -0.39 is 5.54 Å². The second-order valence-electron chi connectivity index (χ2n) is 7.49. The lowest BCUT2D eigenvalue weighted by atomic mass is 9.91. The minimum absolute atomic E-state index is 0.225. The van der Waals surface area contributed by atoms with E-state index >= 15 is 0 Å². The highest BCUT2D eigenvalue weighted by Gasteiger charge is 2.40. The first-order chi connectivity index (χ1) is 9.73. The summed E-state index contributed by atoms with van der Waals surface area (Å²) in [5, 5.41) is 3.46. The molecule has 5 nitrogen and oxygen atoms in total. The normalized spacial score (nSPS) is 32.6. The molecule has 122 valence electrons. The zero-order valence-electron chi connectivity index (χ0n) is 14.2. The van der Waals surface area contributed by atoms with Crippen LogP contribution in [0.4, 0.5) is 0 Å². The molecule has 1 heterocycles. The summed E-state index contributed by atoms with van der Waals surface area (Å²) in [6, 6.07) is 1.94. The van der Waals surface area contributed by atoms with E-state index in [4.69, 9.17) is 5.73 Å². The van der Waals surface area contributed by atoms with Gasteiger partial charge in [-0.05, 0) is 54.0 Å². The Morgan fingerprint density at radius 3 is 2.29 bits per heavy atom. The minimum atomic E-state index is -0.587. The van der Waals surface area contributed by atoms with Crippen LogP contribution in [0, 0.1) is 0 Å². The molecular weight excluding hydrogens is 264 g/mol. The van der Waals surface area contributed by atoms with E-state index in [1.54, 1.807) is 0 Å². The Balaban J connectivity index is 1.98. The van der Waals surface area contributed by atoms with Crippen LogP contribution in [0.25, 0.3) is 0 Å². The Labute approximate surface area is 129 Å². The Morgan fingerprint density at radius 1 is 1.33 bits per heavy atom. The van der Waals surface area contributed by atoms with Crippen LogP contribution < -0.4 is 11.1 Å². The second-order valence-corrected chi connectivity index (χ2v) is 7.49. The second kappa shape index (κ2) is 6.23. The van der Waals surface area contributed by atoms with Gasteiger partial charge in [-0.15, -0.1) is 0 Å². The fourth-order valence-corrected chi connectivity index (χ4v) is 3.43. The van der Waals surface area contributed by atoms with Gasteiger partial charge in [-0.25, -0.2) is 0 Å². The fraction of sp³-hybridized carbons (Fsp3) is 0.938. The number of likely N-dealkylation sites (N-methyl/N-ethyl adjacent to an activating group) is 1. The molecule has 0 aromatic carbocycles. The Bertz CT molecular complexity index is 372. The summed E-state index contributed by atoms with van der Waals surface area (Å²) in [4.78, 5) is 16.9. The van der Waals surface area contributed by atoms with Crippen molar-refractivity contribution in [3.8, 4) is 0 Å². The number of piperazine rings is 1. The standard InChI is InChI=1S/C16H32N4O/c1-11(20-9-12(2)19(5)13(3)10-20)8-16(4,15(17)21)18-14-6-7-14/h11-14,18H,6-10H2,1-5H3,(H2,17,21). The van der Waals surface area contributed by atoms with Crippen molar-refractivity contribution in [1.29, 1.82) is 0 Å². The van der Waals surface area contributed by atoms with Crippen molar-refractivity contribution in [3.63, 3.8) is 0 Å². The van der Waals surface area contributed by atoms with Gasteiger partial charge in [0.25, 0.3) is 0 Å². The van der Waals surface area contributed by atoms with Crippen molar-refractivity contribution in [1.82, 2.24) is 15.1 Å². The molecular formula is C16H32N4O. The highest BCUT2D eigenvalue weighted by atomic mass is 16.1. The first kappa shape index (κ1) is 16.7. The van der Waals surface area contributed by atoms with E-state index in [1.165, 1.54) is 12.8 Å². The van der Waals surface area contributed by atoms with Gasteiger partial charge in [0.1, 0.15) is 0 Å². The third-order valence-corrected chi connectivity index (χ3v) is 5.36. The summed E-state index contributed by atoms with van der Waals surface area (Å²) in [5.41, 5.74) is 5.09. The topological polar surface area (TPSA) is 61.6 Å². The third kappa shape index (κ3) is 3.96. The van der Waals surface area contributed by atoms with Gasteiger partial charge < -0.3 is 11.1 Å². The number of hydrogen-bond donors (Lipinski definition) is 2. The molecule has 0 aromatic heterocycles. The first-order valence-electron chi connectivity index (χ1n) is 8.26. The lowest BCUT2D eigenvalue weighted by Gasteiger charge is -2.46. The maximum Gasteiger partial charge on any atom is 0.237 e. The number of nitrogens with zero attached hydrogens (tertiary/aromatic N) is 2. The largest absolute Gasteiger partial charge is 0.368 e. The SMILES string of the molecule is CC(CC(C)(NC1CC1)C(N)=O)N1CC(C)N(C)C(C)C1. The summed E-state index contributed by atoms with van der Waals surface area (Å²) >= 11 is 0. The number of primary amides is 1. The van der Waals surface area contributed by atoms with Crippen molar-refractivity contribution in [2.24, 2.45) is 5.73 Å². The van der Waals surface area contributed by atoms with Crippen molar-refractivity contribution >= 4 is 5.91 Å². The maximum absolute atomic E-state index is 11.9. The number of nitrogens with two attached hydrogens (primary N) is 1. The number of carbonyl (C=O) groups excluding carboxylic acids is 1. The summed E-state index contributed by atoms with van der Waals surface area (Å²) in [6.45, 7) is 10.8. The molecule has 2 fully saturated rings. The lowest BCUT2D eigenvalue weighted by Crippen LogP contribution is -2.61. The quantitative estimate of drug-likeness (QED) is 0.760. The number of nitrogens with one attached hydrogen (secondary N) is 1. The smallest absolute Gasteiger partial charge is 0.237 e. The van der Waals surface area contributed by atoms with Gasteiger partial charge in [0.2, 0.25) is 5.91 Å². The van der Waals surface area contributed by atoms with Gasteiger partial charge in [0, 0.05) is 37.3 Å². The van der Waals surface area contributed by atoms with E-state index in [0.29, 0.717) is 24.2 Å². The van der Waals surface area contributed by atoms with Crippen LogP contribution >= 0.6 is 0 Å². The molecule has 3 N–H and O–H groups in total. The minimum Gasteiger partial charge on any atom is -0.368 e. The number of rotatable bonds is 6. The van der Waals surface area contributed by atoms with Crippen LogP contribution in [0.5, 0.6) is 0 Å². The first-order valence-corrected chi connectivity index (χ1v) is 8.26. The molecule has 5 heteroatoms. The molecule has 4 atom stereocenters.